The Morgan fingerprint density at radius 1 is 1.17 bits per heavy atom. The van der Waals surface area contributed by atoms with Crippen LogP contribution in [0.3, 0.4) is 0 Å². The predicted molar refractivity (Wildman–Crippen MR) is 86.4 cm³/mol. The van der Waals surface area contributed by atoms with Crippen LogP contribution in [0.15, 0.2) is 36.9 Å². The highest BCUT2D eigenvalue weighted by Gasteiger charge is 2.24. The third-order valence-corrected chi connectivity index (χ3v) is 4.19. The van der Waals surface area contributed by atoms with Gasteiger partial charge in [0.2, 0.25) is 0 Å². The largest absolute Gasteiger partial charge is 0.376 e. The second-order valence-electron chi connectivity index (χ2n) is 6.22. The van der Waals surface area contributed by atoms with Crippen LogP contribution >= 0.6 is 0 Å². The van der Waals surface area contributed by atoms with Gasteiger partial charge in [0, 0.05) is 17.8 Å². The molecule has 2 unspecified atom stereocenters. The number of rotatable bonds is 4. The molecule has 0 radical (unpaired) electrons. The number of nitrogens with one attached hydrogen (secondary N) is 1. The van der Waals surface area contributed by atoms with Crippen LogP contribution in [0, 0.1) is 5.92 Å². The first-order chi connectivity index (χ1) is 11.1. The van der Waals surface area contributed by atoms with Crippen molar-refractivity contribution in [1.29, 1.82) is 0 Å². The van der Waals surface area contributed by atoms with E-state index in [1.165, 1.54) is 0 Å². The number of nitrogens with zero attached hydrogens (tertiary/aromatic N) is 3. The van der Waals surface area contributed by atoms with Gasteiger partial charge in [-0.25, -0.2) is 0 Å². The van der Waals surface area contributed by atoms with Gasteiger partial charge in [-0.15, -0.1) is 10.2 Å². The number of hydrogen-bond acceptors (Lipinski definition) is 4. The maximum Gasteiger partial charge on any atom is 0.251 e. The molecular weight excluding hydrogens is 292 g/mol. The molecule has 1 N–H and O–H groups in total. The molecule has 23 heavy (non-hydrogen) atoms. The van der Waals surface area contributed by atoms with Gasteiger partial charge < -0.3 is 10.1 Å². The molecule has 1 saturated heterocycles. The minimum Gasteiger partial charge on any atom is -0.376 e. The Morgan fingerprint density at radius 3 is 2.39 bits per heavy atom. The molecule has 1 aliphatic rings. The van der Waals surface area contributed by atoms with E-state index in [-0.39, 0.29) is 18.1 Å². The first kappa shape index (κ1) is 15.7. The Morgan fingerprint density at radius 2 is 1.78 bits per heavy atom. The van der Waals surface area contributed by atoms with Gasteiger partial charge in [0.1, 0.15) is 12.7 Å². The van der Waals surface area contributed by atoms with Crippen molar-refractivity contribution < 1.29 is 9.53 Å². The number of carbonyl (C=O) groups is 1. The molecule has 1 amide bonds. The summed E-state index contributed by atoms with van der Waals surface area (Å²) >= 11 is 0. The molecule has 0 bridgehead atoms. The summed E-state index contributed by atoms with van der Waals surface area (Å²) in [4.78, 5) is 12.3. The van der Waals surface area contributed by atoms with Crippen LogP contribution in [0.4, 0.5) is 0 Å². The predicted octanol–water partition coefficient (Wildman–Crippen LogP) is 2.20. The van der Waals surface area contributed by atoms with Crippen LogP contribution in [0.2, 0.25) is 0 Å². The second-order valence-corrected chi connectivity index (χ2v) is 6.22. The lowest BCUT2D eigenvalue weighted by atomic mass is 9.92. The van der Waals surface area contributed by atoms with Crippen LogP contribution in [-0.2, 0) is 4.74 Å². The van der Waals surface area contributed by atoms with Gasteiger partial charge in [0.05, 0.1) is 12.2 Å². The summed E-state index contributed by atoms with van der Waals surface area (Å²) in [6.45, 7) is 4.88. The van der Waals surface area contributed by atoms with E-state index in [1.54, 1.807) is 17.2 Å². The Bertz CT molecular complexity index is 629. The van der Waals surface area contributed by atoms with Gasteiger partial charge >= 0.3 is 0 Å². The van der Waals surface area contributed by atoms with Crippen molar-refractivity contribution in [2.24, 2.45) is 5.92 Å². The molecule has 3 rings (SSSR count). The number of aromatic nitrogens is 3. The summed E-state index contributed by atoms with van der Waals surface area (Å²) in [7, 11) is 0. The molecule has 0 saturated carbocycles. The molecule has 0 spiro atoms. The molecule has 6 heteroatoms. The molecular formula is C17H22N4O2. The Kier molecular flexibility index (Phi) is 4.71. The fraction of sp³-hybridized carbons (Fsp3) is 0.471. The van der Waals surface area contributed by atoms with Crippen molar-refractivity contribution in [3.8, 4) is 5.69 Å². The highest BCUT2D eigenvalue weighted by molar-refractivity contribution is 5.94. The molecule has 1 aliphatic heterocycles. The summed E-state index contributed by atoms with van der Waals surface area (Å²) in [5.41, 5.74) is 1.59. The van der Waals surface area contributed by atoms with Gasteiger partial charge in [-0.05, 0) is 56.9 Å². The van der Waals surface area contributed by atoms with E-state index < -0.39 is 0 Å². The lowest BCUT2D eigenvalue weighted by molar-refractivity contribution is -0.0513. The highest BCUT2D eigenvalue weighted by atomic mass is 16.5. The van der Waals surface area contributed by atoms with E-state index >= 15 is 0 Å². The van der Waals surface area contributed by atoms with E-state index in [2.05, 4.69) is 29.4 Å². The van der Waals surface area contributed by atoms with Crippen LogP contribution in [0.1, 0.15) is 37.0 Å². The molecule has 1 fully saturated rings. The minimum atomic E-state index is -0.0351. The third-order valence-electron chi connectivity index (χ3n) is 4.19. The summed E-state index contributed by atoms with van der Waals surface area (Å²) < 4.78 is 7.53. The van der Waals surface area contributed by atoms with Crippen molar-refractivity contribution in [3.63, 3.8) is 0 Å². The van der Waals surface area contributed by atoms with E-state index in [9.17, 15) is 4.79 Å². The maximum atomic E-state index is 12.3. The van der Waals surface area contributed by atoms with Crippen LogP contribution in [-0.4, -0.2) is 39.4 Å². The summed E-state index contributed by atoms with van der Waals surface area (Å²) in [6, 6.07) is 7.41. The molecule has 0 aliphatic carbocycles. The molecule has 6 nitrogen and oxygen atoms in total. The van der Waals surface area contributed by atoms with Crippen molar-refractivity contribution in [2.75, 3.05) is 6.54 Å². The normalized spacial score (nSPS) is 24.3. The molecule has 122 valence electrons. The first-order valence-corrected chi connectivity index (χ1v) is 8.00. The zero-order valence-corrected chi connectivity index (χ0v) is 13.5. The fourth-order valence-electron chi connectivity index (χ4n) is 3.17. The van der Waals surface area contributed by atoms with Gasteiger partial charge in [-0.1, -0.05) is 0 Å². The standard InChI is InChI=1S/C17H22N4O2/c1-12-7-14(8-13(2)23-12)9-18-17(22)15-3-5-16(6-4-15)21-10-19-20-11-21/h3-6,10-14H,7-9H2,1-2H3,(H,18,22). The maximum absolute atomic E-state index is 12.3. The number of ether oxygens (including phenoxy) is 1. The van der Waals surface area contributed by atoms with Crippen molar-refractivity contribution >= 4 is 5.91 Å². The average Bonchev–Trinajstić information content (AvgIpc) is 3.06. The van der Waals surface area contributed by atoms with Gasteiger partial charge in [-0.3, -0.25) is 9.36 Å². The van der Waals surface area contributed by atoms with Gasteiger partial charge in [0.15, 0.2) is 0 Å². The number of carbonyl (C=O) groups excluding carboxylic acids is 1. The average molecular weight is 314 g/mol. The Hall–Kier alpha value is -2.21. The number of hydrogen-bond donors (Lipinski definition) is 1. The van der Waals surface area contributed by atoms with Gasteiger partial charge in [-0.2, -0.15) is 0 Å². The lowest BCUT2D eigenvalue weighted by Gasteiger charge is -2.32. The lowest BCUT2D eigenvalue weighted by Crippen LogP contribution is -2.37. The smallest absolute Gasteiger partial charge is 0.251 e. The minimum absolute atomic E-state index is 0.0351. The molecule has 2 aromatic rings. The zero-order valence-electron chi connectivity index (χ0n) is 13.5. The quantitative estimate of drug-likeness (QED) is 0.939. The number of amides is 1. The Balaban J connectivity index is 1.56. The monoisotopic (exact) mass is 314 g/mol. The topological polar surface area (TPSA) is 69.0 Å². The van der Waals surface area contributed by atoms with Crippen LogP contribution < -0.4 is 5.32 Å². The van der Waals surface area contributed by atoms with Crippen LogP contribution in [0.25, 0.3) is 5.69 Å². The van der Waals surface area contributed by atoms with Crippen molar-refractivity contribution in [3.05, 3.63) is 42.5 Å². The molecule has 2 heterocycles. The SMILES string of the molecule is CC1CC(CNC(=O)c2ccc(-n3cnnc3)cc2)CC(C)O1. The summed E-state index contributed by atoms with van der Waals surface area (Å²) in [6.07, 6.45) is 5.78. The molecule has 1 aromatic heterocycles. The van der Waals surface area contributed by atoms with Crippen molar-refractivity contribution in [1.82, 2.24) is 20.1 Å². The summed E-state index contributed by atoms with van der Waals surface area (Å²) in [5, 5.41) is 10.6. The molecule has 2 atom stereocenters. The van der Waals surface area contributed by atoms with Crippen molar-refractivity contribution in [2.45, 2.75) is 38.9 Å². The fourth-order valence-corrected chi connectivity index (χ4v) is 3.17. The van der Waals surface area contributed by atoms with E-state index in [0.717, 1.165) is 18.5 Å². The Labute approximate surface area is 135 Å². The van der Waals surface area contributed by atoms with E-state index in [4.69, 9.17) is 4.74 Å². The number of benzene rings is 1. The van der Waals surface area contributed by atoms with Gasteiger partial charge in [0.25, 0.3) is 5.91 Å². The first-order valence-electron chi connectivity index (χ1n) is 8.00. The highest BCUT2D eigenvalue weighted by Crippen LogP contribution is 2.24. The van der Waals surface area contributed by atoms with E-state index in [1.807, 2.05) is 24.3 Å². The third kappa shape index (κ3) is 3.96. The van der Waals surface area contributed by atoms with Crippen LogP contribution in [0.5, 0.6) is 0 Å². The summed E-state index contributed by atoms with van der Waals surface area (Å²) in [5.74, 6) is 0.445. The molecule has 1 aromatic carbocycles. The van der Waals surface area contributed by atoms with E-state index in [0.29, 0.717) is 18.0 Å². The second kappa shape index (κ2) is 6.91. The zero-order chi connectivity index (χ0) is 16.2.